The Morgan fingerprint density at radius 3 is 2.06 bits per heavy atom. The molecule has 4 aromatic rings. The molecule has 4 rings (SSSR count). The predicted molar refractivity (Wildman–Crippen MR) is 126 cm³/mol. The van der Waals surface area contributed by atoms with Gasteiger partial charge < -0.3 is 5.73 Å². The highest BCUT2D eigenvalue weighted by Crippen LogP contribution is 2.36. The summed E-state index contributed by atoms with van der Waals surface area (Å²) < 4.78 is 0. The zero-order valence-corrected chi connectivity index (χ0v) is 17.7. The van der Waals surface area contributed by atoms with E-state index in [1.807, 2.05) is 60.7 Å². The van der Waals surface area contributed by atoms with Crippen molar-refractivity contribution in [3.05, 3.63) is 136 Å². The number of halogens is 1. The summed E-state index contributed by atoms with van der Waals surface area (Å²) in [5, 5.41) is 0.553. The van der Waals surface area contributed by atoms with E-state index in [0.29, 0.717) is 17.0 Å². The van der Waals surface area contributed by atoms with Crippen LogP contribution in [0.1, 0.15) is 38.5 Å². The summed E-state index contributed by atoms with van der Waals surface area (Å²) >= 11 is 6.73. The highest BCUT2D eigenvalue weighted by atomic mass is 35.5. The van der Waals surface area contributed by atoms with E-state index in [-0.39, 0.29) is 11.7 Å². The minimum atomic E-state index is -0.648. The summed E-state index contributed by atoms with van der Waals surface area (Å²) in [6.07, 6.45) is 3.86. The normalized spacial score (nSPS) is 12.0. The van der Waals surface area contributed by atoms with Crippen LogP contribution in [0.3, 0.4) is 0 Å². The number of hydrogen-bond donors (Lipinski definition) is 1. The van der Waals surface area contributed by atoms with Crippen molar-refractivity contribution in [1.82, 2.24) is 4.98 Å². The number of rotatable bonds is 7. The Morgan fingerprint density at radius 2 is 1.52 bits per heavy atom. The first-order valence-electron chi connectivity index (χ1n) is 10.2. The lowest BCUT2D eigenvalue weighted by Gasteiger charge is -2.21. The molecule has 0 aliphatic carbocycles. The van der Waals surface area contributed by atoms with Crippen LogP contribution in [0.25, 0.3) is 0 Å². The molecular weight excluding hydrogens is 404 g/mol. The molecule has 0 saturated carbocycles. The highest BCUT2D eigenvalue weighted by molar-refractivity contribution is 6.32. The number of Topliss-reactive ketones (excluding diaryl/α,β-unsaturated/α-hetero) is 1. The number of nitrogens with two attached hydrogens (primary N) is 1. The average molecular weight is 427 g/mol. The Bertz CT molecular complexity index is 1110. The zero-order valence-electron chi connectivity index (χ0n) is 17.0. The molecule has 3 aromatic carbocycles. The number of hydrogen-bond acceptors (Lipinski definition) is 3. The largest absolute Gasteiger partial charge is 0.321 e. The predicted octanol–water partition coefficient (Wildman–Crippen LogP) is 5.67. The van der Waals surface area contributed by atoms with Crippen molar-refractivity contribution in [1.29, 1.82) is 0 Å². The average Bonchev–Trinajstić information content (AvgIpc) is 2.82. The standard InChI is InChI=1S/C27H23ClN2O/c28-24-17-22(27(31)25(29)16-19-8-7-15-30-18-19)13-14-23(24)26(20-9-3-1-4-10-20)21-11-5-2-6-12-21/h1-15,17-18,25-26H,16,29H2/t25-/m0/s1. The third-order valence-electron chi connectivity index (χ3n) is 5.38. The van der Waals surface area contributed by atoms with Gasteiger partial charge in [-0.25, -0.2) is 0 Å². The summed E-state index contributed by atoms with van der Waals surface area (Å²) in [5.74, 6) is -0.156. The first-order chi connectivity index (χ1) is 15.1. The number of benzene rings is 3. The van der Waals surface area contributed by atoms with E-state index in [0.717, 1.165) is 22.3 Å². The van der Waals surface area contributed by atoms with Gasteiger partial charge in [0.2, 0.25) is 0 Å². The molecule has 1 aromatic heterocycles. The van der Waals surface area contributed by atoms with Gasteiger partial charge in [0.05, 0.1) is 6.04 Å². The molecule has 0 bridgehead atoms. The molecular formula is C27H23ClN2O. The minimum Gasteiger partial charge on any atom is -0.321 e. The van der Waals surface area contributed by atoms with Crippen LogP contribution in [0.4, 0.5) is 0 Å². The third kappa shape index (κ3) is 4.91. The quantitative estimate of drug-likeness (QED) is 0.306. The number of nitrogens with zero attached hydrogens (tertiary/aromatic N) is 1. The molecule has 0 aliphatic rings. The van der Waals surface area contributed by atoms with E-state index in [4.69, 9.17) is 17.3 Å². The van der Waals surface area contributed by atoms with E-state index in [1.165, 1.54) is 0 Å². The lowest BCUT2D eigenvalue weighted by Crippen LogP contribution is -2.32. The van der Waals surface area contributed by atoms with E-state index in [1.54, 1.807) is 18.5 Å². The minimum absolute atomic E-state index is 0.0249. The second-order valence-electron chi connectivity index (χ2n) is 7.53. The van der Waals surface area contributed by atoms with E-state index in [9.17, 15) is 4.79 Å². The van der Waals surface area contributed by atoms with Crippen LogP contribution in [0.5, 0.6) is 0 Å². The Morgan fingerprint density at radius 1 is 0.871 bits per heavy atom. The fraction of sp³-hybridized carbons (Fsp3) is 0.111. The summed E-state index contributed by atoms with van der Waals surface area (Å²) in [6.45, 7) is 0. The summed E-state index contributed by atoms with van der Waals surface area (Å²) in [6, 6.07) is 29.1. The molecule has 0 unspecified atom stereocenters. The van der Waals surface area contributed by atoms with Crippen LogP contribution in [0.2, 0.25) is 5.02 Å². The molecule has 0 radical (unpaired) electrons. The van der Waals surface area contributed by atoms with Gasteiger partial charge >= 0.3 is 0 Å². The van der Waals surface area contributed by atoms with Crippen molar-refractivity contribution >= 4 is 17.4 Å². The van der Waals surface area contributed by atoms with Crippen molar-refractivity contribution in [2.45, 2.75) is 18.4 Å². The van der Waals surface area contributed by atoms with Gasteiger partial charge in [0.25, 0.3) is 0 Å². The van der Waals surface area contributed by atoms with Gasteiger partial charge in [0.1, 0.15) is 0 Å². The van der Waals surface area contributed by atoms with Gasteiger partial charge in [-0.3, -0.25) is 9.78 Å². The fourth-order valence-electron chi connectivity index (χ4n) is 3.84. The van der Waals surface area contributed by atoms with Crippen molar-refractivity contribution < 1.29 is 4.79 Å². The number of carbonyl (C=O) groups is 1. The van der Waals surface area contributed by atoms with Crippen LogP contribution >= 0.6 is 11.6 Å². The molecule has 31 heavy (non-hydrogen) atoms. The van der Waals surface area contributed by atoms with Crippen LogP contribution in [0.15, 0.2) is 103 Å². The van der Waals surface area contributed by atoms with Crippen LogP contribution in [-0.4, -0.2) is 16.8 Å². The number of aromatic nitrogens is 1. The van der Waals surface area contributed by atoms with Crippen molar-refractivity contribution in [2.24, 2.45) is 5.73 Å². The Labute approximate surface area is 187 Å². The van der Waals surface area contributed by atoms with Crippen molar-refractivity contribution in [2.75, 3.05) is 0 Å². The molecule has 0 aliphatic heterocycles. The van der Waals surface area contributed by atoms with Gasteiger partial charge in [-0.1, -0.05) is 90.5 Å². The van der Waals surface area contributed by atoms with E-state index >= 15 is 0 Å². The zero-order chi connectivity index (χ0) is 21.6. The van der Waals surface area contributed by atoms with E-state index < -0.39 is 6.04 Å². The van der Waals surface area contributed by atoms with Gasteiger partial charge in [0, 0.05) is 28.9 Å². The summed E-state index contributed by atoms with van der Waals surface area (Å²) in [5.41, 5.74) is 10.9. The fourth-order valence-corrected chi connectivity index (χ4v) is 4.13. The molecule has 3 nitrogen and oxygen atoms in total. The molecule has 0 spiro atoms. The second-order valence-corrected chi connectivity index (χ2v) is 7.93. The first-order valence-corrected chi connectivity index (χ1v) is 10.6. The molecule has 0 saturated heterocycles. The first kappa shape index (κ1) is 21.0. The van der Waals surface area contributed by atoms with Crippen LogP contribution in [0, 0.1) is 0 Å². The molecule has 0 amide bonds. The van der Waals surface area contributed by atoms with Gasteiger partial charge in [-0.05, 0) is 40.8 Å². The maximum Gasteiger partial charge on any atom is 0.179 e. The molecule has 1 heterocycles. The molecule has 1 atom stereocenters. The summed E-state index contributed by atoms with van der Waals surface area (Å²) in [7, 11) is 0. The maximum atomic E-state index is 12.9. The van der Waals surface area contributed by atoms with Gasteiger partial charge in [-0.2, -0.15) is 0 Å². The Balaban J connectivity index is 1.64. The lowest BCUT2D eigenvalue weighted by molar-refractivity contribution is 0.0961. The molecule has 0 fully saturated rings. The molecule has 154 valence electrons. The third-order valence-corrected chi connectivity index (χ3v) is 5.70. The smallest absolute Gasteiger partial charge is 0.179 e. The second kappa shape index (κ2) is 9.69. The molecule has 4 heteroatoms. The van der Waals surface area contributed by atoms with Crippen LogP contribution in [-0.2, 0) is 6.42 Å². The monoisotopic (exact) mass is 426 g/mol. The Kier molecular flexibility index (Phi) is 6.56. The van der Waals surface area contributed by atoms with Crippen molar-refractivity contribution in [3.63, 3.8) is 0 Å². The van der Waals surface area contributed by atoms with Gasteiger partial charge in [0.15, 0.2) is 5.78 Å². The van der Waals surface area contributed by atoms with Crippen molar-refractivity contribution in [3.8, 4) is 0 Å². The number of ketones is 1. The molecule has 2 N–H and O–H groups in total. The Hall–Kier alpha value is -3.27. The highest BCUT2D eigenvalue weighted by Gasteiger charge is 2.22. The number of carbonyl (C=O) groups excluding carboxylic acids is 1. The summed E-state index contributed by atoms with van der Waals surface area (Å²) in [4.78, 5) is 17.0. The van der Waals surface area contributed by atoms with Gasteiger partial charge in [-0.15, -0.1) is 0 Å². The van der Waals surface area contributed by atoms with E-state index in [2.05, 4.69) is 29.2 Å². The number of pyridine rings is 1. The SMILES string of the molecule is N[C@@H](Cc1cccnc1)C(=O)c1ccc(C(c2ccccc2)c2ccccc2)c(Cl)c1. The van der Waals surface area contributed by atoms with Crippen LogP contribution < -0.4 is 5.73 Å². The lowest BCUT2D eigenvalue weighted by atomic mass is 9.84. The topological polar surface area (TPSA) is 56.0 Å². The maximum absolute atomic E-state index is 12.9.